The molecule has 0 bridgehead atoms. The maximum absolute atomic E-state index is 8.61. The Bertz CT molecular complexity index is 318. The van der Waals surface area contributed by atoms with Crippen molar-refractivity contribution in [1.82, 2.24) is 0 Å². The van der Waals surface area contributed by atoms with Gasteiger partial charge in [0, 0.05) is 19.3 Å². The molecule has 0 saturated carbocycles. The normalized spacial score (nSPS) is 16.9. The Labute approximate surface area is 96.4 Å². The van der Waals surface area contributed by atoms with Gasteiger partial charge in [0.05, 0.1) is 13.7 Å². The van der Waals surface area contributed by atoms with Crippen LogP contribution in [0.5, 0.6) is 0 Å². The highest BCUT2D eigenvalue weighted by Crippen LogP contribution is 2.21. The van der Waals surface area contributed by atoms with E-state index >= 15 is 0 Å². The van der Waals surface area contributed by atoms with Gasteiger partial charge >= 0.3 is 0 Å². The van der Waals surface area contributed by atoms with Gasteiger partial charge in [0.15, 0.2) is 0 Å². The van der Waals surface area contributed by atoms with E-state index in [9.17, 15) is 0 Å². The standard InChI is InChI=1S/C13H18O3/c1-3-11(6-4-5-9-14)16-13-8-7-12(10-13)15-2/h3-5,11,14H,1,6-9H2,2H3/b5-4+. The Hall–Kier alpha value is -1.44. The third kappa shape index (κ3) is 3.97. The smallest absolute Gasteiger partial charge is 0.143 e. The first-order valence-electron chi connectivity index (χ1n) is 5.38. The van der Waals surface area contributed by atoms with Gasteiger partial charge in [-0.05, 0) is 5.73 Å². The van der Waals surface area contributed by atoms with Gasteiger partial charge in [-0.15, -0.1) is 0 Å². The van der Waals surface area contributed by atoms with Crippen molar-refractivity contribution in [3.8, 4) is 0 Å². The summed E-state index contributed by atoms with van der Waals surface area (Å²) < 4.78 is 10.8. The van der Waals surface area contributed by atoms with Crippen molar-refractivity contribution >= 4 is 0 Å². The lowest BCUT2D eigenvalue weighted by Gasteiger charge is -2.13. The molecule has 1 N–H and O–H groups in total. The molecule has 1 aliphatic rings. The fraction of sp³-hybridized carbons (Fsp3) is 0.462. The Balaban J connectivity index is 2.48. The first-order valence-corrected chi connectivity index (χ1v) is 5.38. The van der Waals surface area contributed by atoms with Gasteiger partial charge < -0.3 is 14.6 Å². The van der Waals surface area contributed by atoms with Gasteiger partial charge in [-0.3, -0.25) is 0 Å². The van der Waals surface area contributed by atoms with E-state index < -0.39 is 0 Å². The van der Waals surface area contributed by atoms with Crippen molar-refractivity contribution in [2.75, 3.05) is 13.7 Å². The number of ether oxygens (including phenoxy) is 2. The van der Waals surface area contributed by atoms with Crippen LogP contribution in [0.2, 0.25) is 0 Å². The van der Waals surface area contributed by atoms with E-state index in [0.29, 0.717) is 6.42 Å². The van der Waals surface area contributed by atoms with E-state index in [-0.39, 0.29) is 12.7 Å². The van der Waals surface area contributed by atoms with Crippen molar-refractivity contribution in [2.45, 2.75) is 25.4 Å². The summed E-state index contributed by atoms with van der Waals surface area (Å²) in [5.74, 6) is 1.66. The molecule has 3 nitrogen and oxygen atoms in total. The van der Waals surface area contributed by atoms with Crippen LogP contribution in [0.15, 0.2) is 42.1 Å². The Morgan fingerprint density at radius 1 is 1.44 bits per heavy atom. The minimum Gasteiger partial charge on any atom is -0.493 e. The molecule has 1 atom stereocenters. The number of hydrogen-bond donors (Lipinski definition) is 1. The number of hydrogen-bond acceptors (Lipinski definition) is 3. The zero-order valence-electron chi connectivity index (χ0n) is 9.61. The molecule has 0 fully saturated rings. The van der Waals surface area contributed by atoms with Gasteiger partial charge in [0.1, 0.15) is 17.6 Å². The summed E-state index contributed by atoms with van der Waals surface area (Å²) in [6.45, 7) is 3.78. The summed E-state index contributed by atoms with van der Waals surface area (Å²) in [4.78, 5) is 0. The molecular formula is C13H18O3. The van der Waals surface area contributed by atoms with Crippen LogP contribution in [0.25, 0.3) is 0 Å². The van der Waals surface area contributed by atoms with Gasteiger partial charge in [0.2, 0.25) is 0 Å². The molecule has 16 heavy (non-hydrogen) atoms. The Morgan fingerprint density at radius 3 is 2.75 bits per heavy atom. The molecular weight excluding hydrogens is 204 g/mol. The summed E-state index contributed by atoms with van der Waals surface area (Å²) >= 11 is 0. The maximum Gasteiger partial charge on any atom is 0.143 e. The number of aliphatic hydroxyl groups excluding tert-OH is 1. The van der Waals surface area contributed by atoms with Crippen LogP contribution in [0.4, 0.5) is 0 Å². The lowest BCUT2D eigenvalue weighted by molar-refractivity contribution is 0.152. The van der Waals surface area contributed by atoms with Crippen molar-refractivity contribution in [1.29, 1.82) is 0 Å². The molecule has 0 spiro atoms. The molecule has 0 radical (unpaired) electrons. The van der Waals surface area contributed by atoms with Crippen LogP contribution >= 0.6 is 0 Å². The monoisotopic (exact) mass is 222 g/mol. The fourth-order valence-corrected chi connectivity index (χ4v) is 1.43. The van der Waals surface area contributed by atoms with Crippen LogP contribution in [0.3, 0.4) is 0 Å². The van der Waals surface area contributed by atoms with Crippen molar-refractivity contribution in [3.63, 3.8) is 0 Å². The third-order valence-corrected chi connectivity index (χ3v) is 2.30. The minimum atomic E-state index is -0.0680. The Kier molecular flexibility index (Phi) is 5.48. The van der Waals surface area contributed by atoms with Gasteiger partial charge in [-0.2, -0.15) is 0 Å². The number of rotatable bonds is 7. The van der Waals surface area contributed by atoms with E-state index in [2.05, 4.69) is 12.3 Å². The second-order valence-electron chi connectivity index (χ2n) is 3.46. The van der Waals surface area contributed by atoms with Crippen LogP contribution in [-0.2, 0) is 9.47 Å². The van der Waals surface area contributed by atoms with Gasteiger partial charge in [-0.25, -0.2) is 0 Å². The first-order chi connectivity index (χ1) is 7.80. The van der Waals surface area contributed by atoms with Crippen LogP contribution < -0.4 is 0 Å². The second kappa shape index (κ2) is 6.94. The maximum atomic E-state index is 8.61. The third-order valence-electron chi connectivity index (χ3n) is 2.30. The van der Waals surface area contributed by atoms with E-state index in [0.717, 1.165) is 24.4 Å². The predicted molar refractivity (Wildman–Crippen MR) is 62.7 cm³/mol. The second-order valence-corrected chi connectivity index (χ2v) is 3.46. The molecule has 0 amide bonds. The van der Waals surface area contributed by atoms with Crippen LogP contribution in [-0.4, -0.2) is 24.9 Å². The highest BCUT2D eigenvalue weighted by atomic mass is 16.5. The molecule has 1 rings (SSSR count). The average molecular weight is 222 g/mol. The largest absolute Gasteiger partial charge is 0.493 e. The lowest BCUT2D eigenvalue weighted by atomic mass is 10.2. The van der Waals surface area contributed by atoms with E-state index in [1.807, 2.05) is 6.08 Å². The summed E-state index contributed by atoms with van der Waals surface area (Å²) in [6.07, 6.45) is 7.64. The molecule has 1 unspecified atom stereocenters. The highest BCUT2D eigenvalue weighted by molar-refractivity contribution is 5.09. The number of aliphatic hydroxyl groups is 1. The van der Waals surface area contributed by atoms with Crippen molar-refractivity contribution in [2.24, 2.45) is 0 Å². The molecule has 0 heterocycles. The SMILES string of the molecule is C=CC(C/C=C/CO)OC1=C=C(OC)CC1. The molecule has 0 aromatic heterocycles. The molecule has 3 heteroatoms. The first kappa shape index (κ1) is 12.6. The minimum absolute atomic E-state index is 0.0558. The van der Waals surface area contributed by atoms with Crippen LogP contribution in [0, 0.1) is 0 Å². The summed E-state index contributed by atoms with van der Waals surface area (Å²) in [5, 5.41) is 8.61. The number of allylic oxidation sites excluding steroid dienone is 1. The summed E-state index contributed by atoms with van der Waals surface area (Å²) in [6, 6.07) is 0. The van der Waals surface area contributed by atoms with Gasteiger partial charge in [0.25, 0.3) is 0 Å². The molecule has 0 aliphatic heterocycles. The fourth-order valence-electron chi connectivity index (χ4n) is 1.43. The topological polar surface area (TPSA) is 38.7 Å². The molecule has 88 valence electrons. The quantitative estimate of drug-likeness (QED) is 0.530. The van der Waals surface area contributed by atoms with Crippen LogP contribution in [0.1, 0.15) is 19.3 Å². The Morgan fingerprint density at radius 2 is 2.19 bits per heavy atom. The van der Waals surface area contributed by atoms with Gasteiger partial charge in [-0.1, -0.05) is 24.8 Å². The van der Waals surface area contributed by atoms with Crippen molar-refractivity contribution < 1.29 is 14.6 Å². The zero-order valence-corrected chi connectivity index (χ0v) is 9.61. The summed E-state index contributed by atoms with van der Waals surface area (Å²) in [7, 11) is 1.64. The van der Waals surface area contributed by atoms with E-state index in [1.54, 1.807) is 19.3 Å². The molecule has 1 aliphatic carbocycles. The predicted octanol–water partition coefficient (Wildman–Crippen LogP) is 2.30. The van der Waals surface area contributed by atoms with E-state index in [1.165, 1.54) is 0 Å². The average Bonchev–Trinajstić information content (AvgIpc) is 2.75. The molecule has 0 aromatic carbocycles. The zero-order chi connectivity index (χ0) is 11.8. The molecule has 0 aromatic rings. The molecule has 0 saturated heterocycles. The van der Waals surface area contributed by atoms with Crippen molar-refractivity contribution in [3.05, 3.63) is 42.1 Å². The number of methoxy groups -OCH3 is 1. The van der Waals surface area contributed by atoms with E-state index in [4.69, 9.17) is 14.6 Å². The lowest BCUT2D eigenvalue weighted by Crippen LogP contribution is -2.07. The highest BCUT2D eigenvalue weighted by Gasteiger charge is 2.13. The summed E-state index contributed by atoms with van der Waals surface area (Å²) in [5.41, 5.74) is 3.06.